The third-order valence-electron chi connectivity index (χ3n) is 8.60. The van der Waals surface area contributed by atoms with Crippen LogP contribution in [-0.2, 0) is 31.9 Å². The molecule has 2 aliphatic carbocycles. The van der Waals surface area contributed by atoms with Crippen molar-refractivity contribution in [3.8, 4) is 5.75 Å². The van der Waals surface area contributed by atoms with Crippen molar-refractivity contribution in [3.63, 3.8) is 0 Å². The van der Waals surface area contributed by atoms with Gasteiger partial charge in [-0.05, 0) is 80.4 Å². The van der Waals surface area contributed by atoms with Crippen molar-refractivity contribution in [1.29, 1.82) is 0 Å². The molecule has 3 rings (SSSR count). The summed E-state index contributed by atoms with van der Waals surface area (Å²) in [4.78, 5) is 23.7. The molecule has 38 heavy (non-hydrogen) atoms. The van der Waals surface area contributed by atoms with E-state index < -0.39 is 12.1 Å². The molecule has 1 saturated carbocycles. The Hall–Kier alpha value is -2.12. The van der Waals surface area contributed by atoms with Gasteiger partial charge < -0.3 is 24.4 Å². The van der Waals surface area contributed by atoms with Crippen molar-refractivity contribution < 1.29 is 34.0 Å². The third kappa shape index (κ3) is 8.70. The molecule has 2 aliphatic rings. The highest BCUT2D eigenvalue weighted by Gasteiger charge is 2.47. The number of carbonyl (C=O) groups is 2. The Bertz CT molecular complexity index is 885. The second-order valence-corrected chi connectivity index (χ2v) is 11.3. The quantitative estimate of drug-likeness (QED) is 0.195. The SMILES string of the molecule is CCCCCCCCC[C@H](O)CC[C@@H]1[C@H]2Cc3cccc(OCC(=O)O)c3C[C@H]2C[C@H]1OC(=O)[C@H](C)OC. The van der Waals surface area contributed by atoms with Crippen molar-refractivity contribution in [2.45, 2.75) is 116 Å². The van der Waals surface area contributed by atoms with Crippen LogP contribution in [0.4, 0.5) is 0 Å². The lowest BCUT2D eigenvalue weighted by atomic mass is 9.73. The number of esters is 1. The zero-order valence-corrected chi connectivity index (χ0v) is 23.5. The van der Waals surface area contributed by atoms with Crippen LogP contribution >= 0.6 is 0 Å². The van der Waals surface area contributed by atoms with Gasteiger partial charge in [-0.15, -0.1) is 0 Å². The zero-order valence-electron chi connectivity index (χ0n) is 23.5. The summed E-state index contributed by atoms with van der Waals surface area (Å²) in [6.45, 7) is 3.57. The first-order valence-corrected chi connectivity index (χ1v) is 14.7. The van der Waals surface area contributed by atoms with E-state index in [0.717, 1.165) is 44.1 Å². The predicted octanol–water partition coefficient (Wildman–Crippen LogP) is 5.73. The zero-order chi connectivity index (χ0) is 27.5. The number of fused-ring (bicyclic) bond motifs is 2. The molecule has 1 aromatic carbocycles. The minimum Gasteiger partial charge on any atom is -0.482 e. The summed E-state index contributed by atoms with van der Waals surface area (Å²) in [5, 5.41) is 19.8. The van der Waals surface area contributed by atoms with Gasteiger partial charge in [0.05, 0.1) is 6.10 Å². The lowest BCUT2D eigenvalue weighted by Gasteiger charge is -2.33. The van der Waals surface area contributed by atoms with Crippen molar-refractivity contribution >= 4 is 11.9 Å². The Morgan fingerprint density at radius 1 is 1.05 bits per heavy atom. The highest BCUT2D eigenvalue weighted by molar-refractivity contribution is 5.74. The number of benzene rings is 1. The van der Waals surface area contributed by atoms with Gasteiger partial charge in [-0.3, -0.25) is 0 Å². The smallest absolute Gasteiger partial charge is 0.341 e. The highest BCUT2D eigenvalue weighted by atomic mass is 16.6. The molecule has 0 aromatic heterocycles. The third-order valence-corrected chi connectivity index (χ3v) is 8.60. The van der Waals surface area contributed by atoms with Crippen LogP contribution in [0.3, 0.4) is 0 Å². The van der Waals surface area contributed by atoms with E-state index in [1.54, 1.807) is 6.92 Å². The maximum Gasteiger partial charge on any atom is 0.341 e. The Labute approximate surface area is 228 Å². The number of rotatable bonds is 17. The number of aliphatic hydroxyl groups is 1. The van der Waals surface area contributed by atoms with E-state index in [9.17, 15) is 14.7 Å². The number of carbonyl (C=O) groups excluding carboxylic acids is 1. The second-order valence-electron chi connectivity index (χ2n) is 11.3. The molecule has 214 valence electrons. The van der Waals surface area contributed by atoms with Gasteiger partial charge in [0.1, 0.15) is 11.9 Å². The average molecular weight is 533 g/mol. The van der Waals surface area contributed by atoms with E-state index in [4.69, 9.17) is 19.3 Å². The monoisotopic (exact) mass is 532 g/mol. The summed E-state index contributed by atoms with van der Waals surface area (Å²) in [5.74, 6) is 0.141. The van der Waals surface area contributed by atoms with Crippen molar-refractivity contribution in [3.05, 3.63) is 29.3 Å². The van der Waals surface area contributed by atoms with Gasteiger partial charge >= 0.3 is 11.9 Å². The molecule has 0 unspecified atom stereocenters. The van der Waals surface area contributed by atoms with Crippen LogP contribution in [0.25, 0.3) is 0 Å². The topological polar surface area (TPSA) is 102 Å². The summed E-state index contributed by atoms with van der Waals surface area (Å²) in [6.07, 6.45) is 12.2. The summed E-state index contributed by atoms with van der Waals surface area (Å²) in [6, 6.07) is 5.86. The molecule has 6 atom stereocenters. The fourth-order valence-electron chi connectivity index (χ4n) is 6.39. The van der Waals surface area contributed by atoms with Crippen LogP contribution in [-0.4, -0.2) is 54.2 Å². The Morgan fingerprint density at radius 3 is 2.50 bits per heavy atom. The molecule has 2 N–H and O–H groups in total. The summed E-state index contributed by atoms with van der Waals surface area (Å²) >= 11 is 0. The van der Waals surface area contributed by atoms with E-state index in [1.807, 2.05) is 12.1 Å². The number of ether oxygens (including phenoxy) is 3. The first kappa shape index (κ1) is 30.4. The number of aliphatic hydroxyl groups excluding tert-OH is 1. The normalized spacial score (nSPS) is 23.8. The molecule has 0 amide bonds. The Morgan fingerprint density at radius 2 is 1.79 bits per heavy atom. The van der Waals surface area contributed by atoms with Gasteiger partial charge in [0.2, 0.25) is 0 Å². The fraction of sp³-hybridized carbons (Fsp3) is 0.742. The predicted molar refractivity (Wildman–Crippen MR) is 146 cm³/mol. The van der Waals surface area contributed by atoms with E-state index >= 15 is 0 Å². The molecule has 0 radical (unpaired) electrons. The summed E-state index contributed by atoms with van der Waals surface area (Å²) < 4.78 is 16.8. The van der Waals surface area contributed by atoms with Gasteiger partial charge in [0.15, 0.2) is 12.7 Å². The molecular weight excluding hydrogens is 484 g/mol. The van der Waals surface area contributed by atoms with Gasteiger partial charge in [0.25, 0.3) is 0 Å². The average Bonchev–Trinajstić information content (AvgIpc) is 3.23. The largest absolute Gasteiger partial charge is 0.482 e. The minimum absolute atomic E-state index is 0.174. The van der Waals surface area contributed by atoms with Crippen molar-refractivity contribution in [2.24, 2.45) is 17.8 Å². The van der Waals surface area contributed by atoms with E-state index in [2.05, 4.69) is 13.0 Å². The lowest BCUT2D eigenvalue weighted by molar-refractivity contribution is -0.162. The van der Waals surface area contributed by atoms with Crippen LogP contribution in [0.2, 0.25) is 0 Å². The maximum absolute atomic E-state index is 12.6. The van der Waals surface area contributed by atoms with Crippen LogP contribution in [0.1, 0.15) is 95.6 Å². The van der Waals surface area contributed by atoms with Crippen LogP contribution in [0.5, 0.6) is 5.75 Å². The number of carboxylic acids is 1. The van der Waals surface area contributed by atoms with Crippen LogP contribution < -0.4 is 4.74 Å². The highest BCUT2D eigenvalue weighted by Crippen LogP contribution is 2.49. The Balaban J connectivity index is 1.62. The molecular formula is C31H48O7. The molecule has 0 heterocycles. The molecule has 1 fully saturated rings. The minimum atomic E-state index is -0.994. The molecule has 0 saturated heterocycles. The lowest BCUT2D eigenvalue weighted by Crippen LogP contribution is -2.32. The van der Waals surface area contributed by atoms with Gasteiger partial charge in [-0.25, -0.2) is 9.59 Å². The van der Waals surface area contributed by atoms with Crippen LogP contribution in [0.15, 0.2) is 18.2 Å². The molecule has 0 spiro atoms. The number of unbranched alkanes of at least 4 members (excludes halogenated alkanes) is 6. The molecule has 0 aliphatic heterocycles. The number of hydrogen-bond acceptors (Lipinski definition) is 6. The summed E-state index contributed by atoms with van der Waals surface area (Å²) in [5.41, 5.74) is 2.25. The van der Waals surface area contributed by atoms with Gasteiger partial charge in [-0.1, -0.05) is 64.0 Å². The van der Waals surface area contributed by atoms with Gasteiger partial charge in [-0.2, -0.15) is 0 Å². The van der Waals surface area contributed by atoms with Crippen molar-refractivity contribution in [2.75, 3.05) is 13.7 Å². The molecule has 1 aromatic rings. The first-order valence-electron chi connectivity index (χ1n) is 14.7. The number of carboxylic acid groups (broad SMARTS) is 1. The Kier molecular flexibility index (Phi) is 12.4. The number of hydrogen-bond donors (Lipinski definition) is 2. The first-order chi connectivity index (χ1) is 18.3. The van der Waals surface area contributed by atoms with Crippen molar-refractivity contribution in [1.82, 2.24) is 0 Å². The van der Waals surface area contributed by atoms with Crippen LogP contribution in [0, 0.1) is 17.8 Å². The molecule has 7 nitrogen and oxygen atoms in total. The molecule has 7 heteroatoms. The van der Waals surface area contributed by atoms with E-state index in [-0.39, 0.29) is 30.7 Å². The second kappa shape index (κ2) is 15.5. The van der Waals surface area contributed by atoms with Gasteiger partial charge in [0, 0.05) is 7.11 Å². The summed E-state index contributed by atoms with van der Waals surface area (Å²) in [7, 11) is 1.51. The van der Waals surface area contributed by atoms with E-state index in [1.165, 1.54) is 51.2 Å². The van der Waals surface area contributed by atoms with E-state index in [0.29, 0.717) is 24.0 Å². The maximum atomic E-state index is 12.6. The number of aliphatic carboxylic acids is 1. The fourth-order valence-corrected chi connectivity index (χ4v) is 6.39. The number of methoxy groups -OCH3 is 1. The standard InChI is InChI=1S/C31H48O7/c1-4-5-6-7-8-9-10-13-24(32)15-16-25-26-17-22-12-11-14-28(37-20-30(33)34)27(22)18-23(26)19-29(25)38-31(35)21(2)36-3/h11-12,14,21,23-26,29,32H,4-10,13,15-20H2,1-3H3,(H,33,34)/t21-,23-,24-,25+,26-,29+/m0/s1. The molecule has 0 bridgehead atoms.